The number of rotatable bonds is 3. The van der Waals surface area contributed by atoms with Gasteiger partial charge < -0.3 is 9.47 Å². The first-order chi connectivity index (χ1) is 13.8. The fourth-order valence-electron chi connectivity index (χ4n) is 3.23. The first-order valence-electron chi connectivity index (χ1n) is 9.19. The van der Waals surface area contributed by atoms with Gasteiger partial charge in [-0.1, -0.05) is 13.8 Å². The number of nitrogens with one attached hydrogen (secondary N) is 2. The summed E-state index contributed by atoms with van der Waals surface area (Å²) in [5, 5.41) is 5.03. The first-order valence-corrected chi connectivity index (χ1v) is 9.19. The highest BCUT2D eigenvalue weighted by Crippen LogP contribution is 2.32. The molecule has 2 amide bonds. The molecule has 4 rings (SSSR count). The van der Waals surface area contributed by atoms with E-state index in [-0.39, 0.29) is 12.7 Å². The summed E-state index contributed by atoms with van der Waals surface area (Å²) in [6, 6.07) is 6.56. The summed E-state index contributed by atoms with van der Waals surface area (Å²) in [5.74, 6) is 0.299. The van der Waals surface area contributed by atoms with Crippen molar-refractivity contribution in [3.8, 4) is 11.5 Å². The van der Waals surface area contributed by atoms with Gasteiger partial charge in [-0.05, 0) is 37.1 Å². The summed E-state index contributed by atoms with van der Waals surface area (Å²) in [4.78, 5) is 29.9. The number of carbonyl (C=O) groups is 2. The molecule has 1 aromatic carbocycles. The Bertz CT molecular complexity index is 1140. The maximum Gasteiger partial charge on any atom is 0.270 e. The SMILES string of the molecule is Cc1nn(C)c2nc(C(C)C)cc(C(=O)NNC(=O)c3ccc4c(c3)OCO4)c12. The summed E-state index contributed by atoms with van der Waals surface area (Å²) >= 11 is 0. The fourth-order valence-corrected chi connectivity index (χ4v) is 3.23. The van der Waals surface area contributed by atoms with Crippen LogP contribution in [0, 0.1) is 6.92 Å². The van der Waals surface area contributed by atoms with Gasteiger partial charge in [-0.25, -0.2) is 4.98 Å². The number of hydrogen-bond acceptors (Lipinski definition) is 6. The van der Waals surface area contributed by atoms with Crippen LogP contribution in [0.5, 0.6) is 11.5 Å². The lowest BCUT2D eigenvalue weighted by Gasteiger charge is -2.11. The van der Waals surface area contributed by atoms with Crippen molar-refractivity contribution in [3.05, 3.63) is 46.8 Å². The van der Waals surface area contributed by atoms with Gasteiger partial charge in [0.15, 0.2) is 17.1 Å². The van der Waals surface area contributed by atoms with Crippen molar-refractivity contribution in [3.63, 3.8) is 0 Å². The van der Waals surface area contributed by atoms with Gasteiger partial charge in [-0.3, -0.25) is 25.1 Å². The molecule has 9 nitrogen and oxygen atoms in total. The molecule has 2 aromatic heterocycles. The zero-order chi connectivity index (χ0) is 20.7. The monoisotopic (exact) mass is 395 g/mol. The lowest BCUT2D eigenvalue weighted by molar-refractivity contribution is 0.0847. The molecular weight excluding hydrogens is 374 g/mol. The van der Waals surface area contributed by atoms with Gasteiger partial charge in [0, 0.05) is 18.3 Å². The zero-order valence-corrected chi connectivity index (χ0v) is 16.6. The van der Waals surface area contributed by atoms with E-state index in [2.05, 4.69) is 20.9 Å². The van der Waals surface area contributed by atoms with Crippen LogP contribution in [-0.2, 0) is 7.05 Å². The fraction of sp³-hybridized carbons (Fsp3) is 0.300. The van der Waals surface area contributed by atoms with E-state index in [1.807, 2.05) is 20.8 Å². The van der Waals surface area contributed by atoms with E-state index in [0.717, 1.165) is 5.69 Å². The van der Waals surface area contributed by atoms with Gasteiger partial charge in [0.1, 0.15) is 0 Å². The van der Waals surface area contributed by atoms with Gasteiger partial charge in [0.05, 0.1) is 16.6 Å². The molecule has 0 unspecified atom stereocenters. The number of aromatic nitrogens is 3. The molecule has 29 heavy (non-hydrogen) atoms. The van der Waals surface area contributed by atoms with Crippen molar-refractivity contribution < 1.29 is 19.1 Å². The Balaban J connectivity index is 1.58. The van der Waals surface area contributed by atoms with Crippen molar-refractivity contribution >= 4 is 22.8 Å². The Hall–Kier alpha value is -3.62. The van der Waals surface area contributed by atoms with Crippen LogP contribution in [0.1, 0.15) is 51.9 Å². The molecule has 0 atom stereocenters. The highest BCUT2D eigenvalue weighted by molar-refractivity contribution is 6.07. The topological polar surface area (TPSA) is 107 Å². The number of pyridine rings is 1. The Morgan fingerprint density at radius 3 is 2.59 bits per heavy atom. The maximum atomic E-state index is 12.9. The van der Waals surface area contributed by atoms with Crippen molar-refractivity contribution in [2.24, 2.45) is 7.05 Å². The highest BCUT2D eigenvalue weighted by atomic mass is 16.7. The van der Waals surface area contributed by atoms with Crippen LogP contribution in [0.3, 0.4) is 0 Å². The van der Waals surface area contributed by atoms with Crippen LogP contribution >= 0.6 is 0 Å². The van der Waals surface area contributed by atoms with Crippen LogP contribution in [0.25, 0.3) is 11.0 Å². The number of benzene rings is 1. The summed E-state index contributed by atoms with van der Waals surface area (Å²) in [5.41, 5.74) is 7.77. The van der Waals surface area contributed by atoms with Gasteiger partial charge in [0.2, 0.25) is 6.79 Å². The largest absolute Gasteiger partial charge is 0.454 e. The second-order valence-corrected chi connectivity index (χ2v) is 7.13. The lowest BCUT2D eigenvalue weighted by Crippen LogP contribution is -2.41. The maximum absolute atomic E-state index is 12.9. The lowest BCUT2D eigenvalue weighted by atomic mass is 10.0. The van der Waals surface area contributed by atoms with Crippen LogP contribution in [0.2, 0.25) is 0 Å². The number of hydrogen-bond donors (Lipinski definition) is 2. The second-order valence-electron chi connectivity index (χ2n) is 7.13. The molecule has 3 heterocycles. The first kappa shape index (κ1) is 18.7. The van der Waals surface area contributed by atoms with Crippen molar-refractivity contribution in [1.29, 1.82) is 0 Å². The number of carbonyl (C=O) groups excluding carboxylic acids is 2. The highest BCUT2D eigenvalue weighted by Gasteiger charge is 2.21. The minimum absolute atomic E-state index is 0.123. The molecule has 3 aromatic rings. The van der Waals surface area contributed by atoms with E-state index in [9.17, 15) is 9.59 Å². The number of fused-ring (bicyclic) bond motifs is 2. The van der Waals surface area contributed by atoms with Gasteiger partial charge >= 0.3 is 0 Å². The van der Waals surface area contributed by atoms with E-state index < -0.39 is 11.8 Å². The zero-order valence-electron chi connectivity index (χ0n) is 16.6. The van der Waals surface area contributed by atoms with Crippen LogP contribution in [0.4, 0.5) is 0 Å². The molecule has 0 aliphatic carbocycles. The molecule has 1 aliphatic rings. The summed E-state index contributed by atoms with van der Waals surface area (Å²) < 4.78 is 12.2. The minimum atomic E-state index is -0.464. The third kappa shape index (κ3) is 3.35. The Labute approximate surface area is 167 Å². The molecule has 150 valence electrons. The van der Waals surface area contributed by atoms with Crippen molar-refractivity contribution in [1.82, 2.24) is 25.6 Å². The quantitative estimate of drug-likeness (QED) is 0.659. The van der Waals surface area contributed by atoms with Crippen LogP contribution in [-0.4, -0.2) is 33.4 Å². The minimum Gasteiger partial charge on any atom is -0.454 e. The van der Waals surface area contributed by atoms with Crippen LogP contribution < -0.4 is 20.3 Å². The Morgan fingerprint density at radius 1 is 1.10 bits per heavy atom. The van der Waals surface area contributed by atoms with Crippen molar-refractivity contribution in [2.45, 2.75) is 26.7 Å². The smallest absolute Gasteiger partial charge is 0.270 e. The summed E-state index contributed by atoms with van der Waals surface area (Å²) in [6.45, 7) is 5.94. The summed E-state index contributed by atoms with van der Waals surface area (Å²) in [7, 11) is 1.79. The molecule has 9 heteroatoms. The Morgan fingerprint density at radius 2 is 1.83 bits per heavy atom. The molecule has 0 spiro atoms. The molecule has 0 radical (unpaired) electrons. The van der Waals surface area contributed by atoms with E-state index in [1.165, 1.54) is 0 Å². The van der Waals surface area contributed by atoms with Crippen molar-refractivity contribution in [2.75, 3.05) is 6.79 Å². The number of hydrazine groups is 1. The third-order valence-electron chi connectivity index (χ3n) is 4.75. The normalized spacial score (nSPS) is 12.4. The second kappa shape index (κ2) is 7.08. The third-order valence-corrected chi connectivity index (χ3v) is 4.75. The molecular formula is C20H21N5O4. The molecule has 0 bridgehead atoms. The molecule has 0 saturated carbocycles. The van der Waals surface area contributed by atoms with E-state index >= 15 is 0 Å². The van der Waals surface area contributed by atoms with E-state index in [1.54, 1.807) is 36.0 Å². The predicted molar refractivity (Wildman–Crippen MR) is 105 cm³/mol. The van der Waals surface area contributed by atoms with E-state index in [4.69, 9.17) is 9.47 Å². The Kier molecular flexibility index (Phi) is 4.57. The molecule has 2 N–H and O–H groups in total. The average Bonchev–Trinajstić information content (AvgIpc) is 3.28. The predicted octanol–water partition coefficient (Wildman–Crippen LogP) is 2.20. The standard InChI is InChI=1S/C20H21N5O4/c1-10(2)14-8-13(17-11(3)24-25(4)18(17)21-14)20(27)23-22-19(26)12-5-6-15-16(7-12)29-9-28-15/h5-8,10H,9H2,1-4H3,(H,22,26)(H,23,27). The number of ether oxygens (including phenoxy) is 2. The van der Waals surface area contributed by atoms with E-state index in [0.29, 0.717) is 39.4 Å². The number of aryl methyl sites for hydroxylation is 2. The molecule has 0 saturated heterocycles. The van der Waals surface area contributed by atoms with Gasteiger partial charge in [-0.2, -0.15) is 5.10 Å². The molecule has 1 aliphatic heterocycles. The number of amides is 2. The van der Waals surface area contributed by atoms with Crippen LogP contribution in [0.15, 0.2) is 24.3 Å². The summed E-state index contributed by atoms with van der Waals surface area (Å²) in [6.07, 6.45) is 0. The average molecular weight is 395 g/mol. The number of nitrogens with zero attached hydrogens (tertiary/aromatic N) is 3. The van der Waals surface area contributed by atoms with Gasteiger partial charge in [-0.15, -0.1) is 0 Å². The van der Waals surface area contributed by atoms with Gasteiger partial charge in [0.25, 0.3) is 11.8 Å². The molecule has 0 fully saturated rings.